The molecule has 0 rings (SSSR count). The summed E-state index contributed by atoms with van der Waals surface area (Å²) in [5.41, 5.74) is 1.88. The van der Waals surface area contributed by atoms with Crippen molar-refractivity contribution in [2.45, 2.75) is 0 Å². The van der Waals surface area contributed by atoms with E-state index in [0.717, 1.165) is 6.26 Å². The molecule has 0 aliphatic heterocycles. The molecule has 0 aromatic carbocycles. The van der Waals surface area contributed by atoms with E-state index in [0.29, 0.717) is 0 Å². The van der Waals surface area contributed by atoms with E-state index in [1.165, 1.54) is 0 Å². The van der Waals surface area contributed by atoms with Crippen LogP contribution in [0.3, 0.4) is 0 Å². The molecular formula is C3H10N2O3S. The quantitative estimate of drug-likeness (QED) is 0.290. The van der Waals surface area contributed by atoms with Gasteiger partial charge in [0, 0.05) is 6.26 Å². The Bertz CT molecular complexity index is 152. The minimum absolute atomic E-state index is 0.0167. The molecule has 0 bridgehead atoms. The summed E-state index contributed by atoms with van der Waals surface area (Å²) in [6, 6.07) is 0. The fourth-order valence-corrected chi connectivity index (χ4v) is 0.638. The topological polar surface area (TPSA) is 81.4 Å². The van der Waals surface area contributed by atoms with Gasteiger partial charge in [0.05, 0.1) is 12.4 Å². The summed E-state index contributed by atoms with van der Waals surface area (Å²) in [6.07, 6.45) is 1.13. The number of sulfone groups is 1. The van der Waals surface area contributed by atoms with Gasteiger partial charge in [0.2, 0.25) is 0 Å². The van der Waals surface area contributed by atoms with Gasteiger partial charge in [0.1, 0.15) is 9.84 Å². The standard InChI is InChI=1S/C3H10N2O3S/c1-9(6,7)3-2-8-5-4/h5H,2-4H2,1H3. The van der Waals surface area contributed by atoms with Crippen molar-refractivity contribution in [2.24, 2.45) is 5.84 Å². The van der Waals surface area contributed by atoms with Gasteiger partial charge in [-0.2, -0.15) is 0 Å². The van der Waals surface area contributed by atoms with Gasteiger partial charge in [-0.3, -0.25) is 4.84 Å². The Hall–Kier alpha value is -0.170. The molecule has 3 N–H and O–H groups in total. The van der Waals surface area contributed by atoms with Gasteiger partial charge in [0.25, 0.3) is 0 Å². The second kappa shape index (κ2) is 3.78. The van der Waals surface area contributed by atoms with Crippen LogP contribution in [0.5, 0.6) is 0 Å². The van der Waals surface area contributed by atoms with Crippen LogP contribution in [0.15, 0.2) is 0 Å². The van der Waals surface area contributed by atoms with Gasteiger partial charge in [-0.25, -0.2) is 14.3 Å². The summed E-state index contributed by atoms with van der Waals surface area (Å²) in [7, 11) is -2.92. The van der Waals surface area contributed by atoms with Gasteiger partial charge in [-0.15, -0.1) is 5.59 Å². The molecule has 0 saturated heterocycles. The van der Waals surface area contributed by atoms with Gasteiger partial charge in [-0.05, 0) is 0 Å². The van der Waals surface area contributed by atoms with E-state index in [1.54, 1.807) is 0 Å². The molecule has 0 aliphatic rings. The van der Waals surface area contributed by atoms with Crippen molar-refractivity contribution >= 4 is 9.84 Å². The van der Waals surface area contributed by atoms with E-state index in [1.807, 2.05) is 5.59 Å². The van der Waals surface area contributed by atoms with Crippen LogP contribution in [0, 0.1) is 0 Å². The van der Waals surface area contributed by atoms with E-state index in [4.69, 9.17) is 5.84 Å². The molecule has 5 nitrogen and oxygen atoms in total. The second-order valence-corrected chi connectivity index (χ2v) is 3.86. The highest BCUT2D eigenvalue weighted by Gasteiger charge is 1.99. The normalized spacial score (nSPS) is 11.8. The average molecular weight is 154 g/mol. The SMILES string of the molecule is CS(=O)(=O)CCONN. The number of hydrogen-bond acceptors (Lipinski definition) is 5. The lowest BCUT2D eigenvalue weighted by molar-refractivity contribution is 0.0525. The molecule has 0 saturated carbocycles. The molecule has 56 valence electrons. The third kappa shape index (κ3) is 7.83. The van der Waals surface area contributed by atoms with Crippen molar-refractivity contribution in [3.63, 3.8) is 0 Å². The minimum Gasteiger partial charge on any atom is -0.286 e. The predicted molar refractivity (Wildman–Crippen MR) is 33.0 cm³/mol. The van der Waals surface area contributed by atoms with Crippen LogP contribution in [0.2, 0.25) is 0 Å². The molecule has 0 heterocycles. The van der Waals surface area contributed by atoms with Gasteiger partial charge < -0.3 is 0 Å². The van der Waals surface area contributed by atoms with Gasteiger partial charge >= 0.3 is 0 Å². The van der Waals surface area contributed by atoms with Crippen LogP contribution >= 0.6 is 0 Å². The van der Waals surface area contributed by atoms with Crippen molar-refractivity contribution < 1.29 is 13.3 Å². The molecule has 0 amide bonds. The fraction of sp³-hybridized carbons (Fsp3) is 1.00. The fourth-order valence-electron chi connectivity index (χ4n) is 0.252. The predicted octanol–water partition coefficient (Wildman–Crippen LogP) is -1.57. The Labute approximate surface area is 54.0 Å². The molecule has 0 fully saturated rings. The number of hydrogen-bond donors (Lipinski definition) is 2. The maximum absolute atomic E-state index is 10.4. The molecule has 0 atom stereocenters. The third-order valence-corrected chi connectivity index (χ3v) is 1.55. The first-order valence-corrected chi connectivity index (χ1v) is 4.37. The summed E-state index contributed by atoms with van der Waals surface area (Å²) in [4.78, 5) is 4.36. The molecular weight excluding hydrogens is 144 g/mol. The molecule has 0 aliphatic carbocycles. The van der Waals surface area contributed by atoms with Crippen molar-refractivity contribution in [1.82, 2.24) is 5.59 Å². The molecule has 0 unspecified atom stereocenters. The Morgan fingerprint density at radius 1 is 1.67 bits per heavy atom. The van der Waals surface area contributed by atoms with E-state index in [9.17, 15) is 8.42 Å². The highest BCUT2D eigenvalue weighted by molar-refractivity contribution is 7.90. The lowest BCUT2D eigenvalue weighted by atomic mass is 10.9. The first-order valence-electron chi connectivity index (χ1n) is 2.31. The Balaban J connectivity index is 3.30. The maximum atomic E-state index is 10.4. The zero-order valence-electron chi connectivity index (χ0n) is 5.12. The van der Waals surface area contributed by atoms with Crippen molar-refractivity contribution in [1.29, 1.82) is 0 Å². The molecule has 0 spiro atoms. The van der Waals surface area contributed by atoms with Crippen LogP contribution in [0.25, 0.3) is 0 Å². The molecule has 9 heavy (non-hydrogen) atoms. The highest BCUT2D eigenvalue weighted by Crippen LogP contribution is 1.80. The monoisotopic (exact) mass is 154 g/mol. The number of nitrogens with two attached hydrogens (primary N) is 1. The Kier molecular flexibility index (Phi) is 3.71. The second-order valence-electron chi connectivity index (χ2n) is 1.60. The van der Waals surface area contributed by atoms with Crippen molar-refractivity contribution in [3.05, 3.63) is 0 Å². The molecule has 6 heteroatoms. The summed E-state index contributed by atoms with van der Waals surface area (Å²) in [6.45, 7) is 0.0787. The summed E-state index contributed by atoms with van der Waals surface area (Å²) in [5, 5.41) is 0. The van der Waals surface area contributed by atoms with Crippen LogP contribution in [-0.4, -0.2) is 27.0 Å². The van der Waals surface area contributed by atoms with Crippen molar-refractivity contribution in [3.8, 4) is 0 Å². The van der Waals surface area contributed by atoms with E-state index >= 15 is 0 Å². The van der Waals surface area contributed by atoms with Crippen LogP contribution in [-0.2, 0) is 14.7 Å². The summed E-state index contributed by atoms with van der Waals surface area (Å²) < 4.78 is 20.7. The first kappa shape index (κ1) is 8.83. The highest BCUT2D eigenvalue weighted by atomic mass is 32.2. The zero-order valence-corrected chi connectivity index (χ0v) is 5.94. The van der Waals surface area contributed by atoms with Crippen LogP contribution < -0.4 is 11.4 Å². The number of nitrogens with one attached hydrogen (secondary N) is 1. The number of hydrazine groups is 1. The van der Waals surface area contributed by atoms with Crippen LogP contribution in [0.4, 0.5) is 0 Å². The maximum Gasteiger partial charge on any atom is 0.149 e. The third-order valence-electron chi connectivity index (χ3n) is 0.640. The summed E-state index contributed by atoms with van der Waals surface area (Å²) >= 11 is 0. The Morgan fingerprint density at radius 3 is 2.56 bits per heavy atom. The summed E-state index contributed by atoms with van der Waals surface area (Å²) in [5.74, 6) is 4.67. The first-order chi connectivity index (χ1) is 4.06. The van der Waals surface area contributed by atoms with E-state index < -0.39 is 9.84 Å². The van der Waals surface area contributed by atoms with Gasteiger partial charge in [-0.1, -0.05) is 0 Å². The van der Waals surface area contributed by atoms with E-state index in [-0.39, 0.29) is 12.4 Å². The van der Waals surface area contributed by atoms with E-state index in [2.05, 4.69) is 4.84 Å². The molecule has 0 aromatic heterocycles. The minimum atomic E-state index is -2.92. The van der Waals surface area contributed by atoms with Gasteiger partial charge in [0.15, 0.2) is 0 Å². The smallest absolute Gasteiger partial charge is 0.149 e. The average Bonchev–Trinajstić information content (AvgIpc) is 1.63. The lowest BCUT2D eigenvalue weighted by Crippen LogP contribution is -2.25. The Morgan fingerprint density at radius 2 is 2.22 bits per heavy atom. The largest absolute Gasteiger partial charge is 0.286 e. The van der Waals surface area contributed by atoms with Crippen molar-refractivity contribution in [2.75, 3.05) is 18.6 Å². The number of rotatable bonds is 4. The lowest BCUT2D eigenvalue weighted by Gasteiger charge is -1.97. The zero-order chi connectivity index (χ0) is 7.33. The van der Waals surface area contributed by atoms with Crippen LogP contribution in [0.1, 0.15) is 0 Å². The molecule has 0 aromatic rings. The molecule has 0 radical (unpaired) electrons.